The average molecular weight is 551 g/mol. The SMILES string of the molecule is CCc1nccn1CCCOc1cccc(CN2CCN(C(=O)COC)C[C@@](O)(COc3ccc(C)cc3)C2)c1. The van der Waals surface area contributed by atoms with Gasteiger partial charge in [-0.2, -0.15) is 0 Å². The Labute approximate surface area is 237 Å². The van der Waals surface area contributed by atoms with Crippen molar-refractivity contribution < 1.29 is 24.1 Å². The fourth-order valence-corrected chi connectivity index (χ4v) is 5.02. The lowest BCUT2D eigenvalue weighted by atomic mass is 10.0. The minimum absolute atomic E-state index is 0.0190. The van der Waals surface area contributed by atoms with Crippen molar-refractivity contribution in [3.63, 3.8) is 0 Å². The van der Waals surface area contributed by atoms with Crippen molar-refractivity contribution in [1.82, 2.24) is 19.4 Å². The van der Waals surface area contributed by atoms with E-state index in [1.54, 1.807) is 4.90 Å². The number of aliphatic hydroxyl groups is 1. The molecule has 1 aliphatic heterocycles. The Bertz CT molecular complexity index is 1210. The number of carbonyl (C=O) groups is 1. The van der Waals surface area contributed by atoms with Crippen molar-refractivity contribution in [1.29, 1.82) is 0 Å². The summed E-state index contributed by atoms with van der Waals surface area (Å²) in [5.41, 5.74) is 0.973. The zero-order chi connectivity index (χ0) is 28.4. The minimum Gasteiger partial charge on any atom is -0.494 e. The van der Waals surface area contributed by atoms with Crippen molar-refractivity contribution in [3.8, 4) is 11.5 Å². The van der Waals surface area contributed by atoms with E-state index in [2.05, 4.69) is 33.5 Å². The van der Waals surface area contributed by atoms with E-state index in [0.717, 1.165) is 42.1 Å². The second-order valence-corrected chi connectivity index (χ2v) is 10.5. The Balaban J connectivity index is 1.37. The smallest absolute Gasteiger partial charge is 0.248 e. The van der Waals surface area contributed by atoms with Crippen LogP contribution in [0, 0.1) is 6.92 Å². The molecule has 0 aliphatic carbocycles. The van der Waals surface area contributed by atoms with E-state index in [0.29, 0.717) is 38.5 Å². The minimum atomic E-state index is -1.25. The summed E-state index contributed by atoms with van der Waals surface area (Å²) in [5, 5.41) is 11.7. The monoisotopic (exact) mass is 550 g/mol. The molecule has 2 heterocycles. The highest BCUT2D eigenvalue weighted by molar-refractivity contribution is 5.77. The lowest BCUT2D eigenvalue weighted by molar-refractivity contribution is -0.138. The number of hydrogen-bond acceptors (Lipinski definition) is 7. The third-order valence-electron chi connectivity index (χ3n) is 7.07. The predicted molar refractivity (Wildman–Crippen MR) is 154 cm³/mol. The molecule has 0 unspecified atom stereocenters. The zero-order valence-corrected chi connectivity index (χ0v) is 23.9. The number of β-amino-alcohol motifs (C(OH)–C–C–N with tert-alkyl or cyclic N) is 1. The Morgan fingerprint density at radius 1 is 1.07 bits per heavy atom. The number of carbonyl (C=O) groups excluding carboxylic acids is 1. The van der Waals surface area contributed by atoms with E-state index < -0.39 is 5.60 Å². The molecule has 1 aromatic heterocycles. The van der Waals surface area contributed by atoms with Gasteiger partial charge in [0.15, 0.2) is 0 Å². The predicted octanol–water partition coefficient (Wildman–Crippen LogP) is 3.32. The van der Waals surface area contributed by atoms with E-state index in [4.69, 9.17) is 14.2 Å². The van der Waals surface area contributed by atoms with Gasteiger partial charge in [0.05, 0.1) is 13.2 Å². The fraction of sp³-hybridized carbons (Fsp3) is 0.484. The molecule has 9 heteroatoms. The first-order valence-electron chi connectivity index (χ1n) is 14.0. The third kappa shape index (κ3) is 8.55. The molecular formula is C31H42N4O5. The number of hydrogen-bond donors (Lipinski definition) is 1. The average Bonchev–Trinajstić information content (AvgIpc) is 3.34. The Morgan fingerprint density at radius 3 is 2.67 bits per heavy atom. The second-order valence-electron chi connectivity index (χ2n) is 10.5. The number of aromatic nitrogens is 2. The van der Waals surface area contributed by atoms with Crippen LogP contribution in [0.5, 0.6) is 11.5 Å². The maximum absolute atomic E-state index is 12.7. The normalized spacial score (nSPS) is 17.9. The first-order valence-corrected chi connectivity index (χ1v) is 14.0. The summed E-state index contributed by atoms with van der Waals surface area (Å²) < 4.78 is 19.3. The summed E-state index contributed by atoms with van der Waals surface area (Å²) in [7, 11) is 1.50. The molecule has 216 valence electrons. The van der Waals surface area contributed by atoms with Crippen LogP contribution in [0.25, 0.3) is 0 Å². The van der Waals surface area contributed by atoms with Gasteiger partial charge in [-0.25, -0.2) is 4.98 Å². The lowest BCUT2D eigenvalue weighted by Gasteiger charge is -2.33. The number of aryl methyl sites for hydroxylation is 3. The number of imidazole rings is 1. The van der Waals surface area contributed by atoms with Gasteiger partial charge in [0.25, 0.3) is 0 Å². The molecule has 1 saturated heterocycles. The van der Waals surface area contributed by atoms with Crippen LogP contribution in [-0.4, -0.2) is 89.1 Å². The van der Waals surface area contributed by atoms with Crippen molar-refractivity contribution in [2.75, 3.05) is 53.1 Å². The Hall–Kier alpha value is -3.40. The molecule has 0 saturated carbocycles. The molecule has 4 rings (SSSR count). The van der Waals surface area contributed by atoms with Crippen molar-refractivity contribution in [2.24, 2.45) is 0 Å². The van der Waals surface area contributed by atoms with Gasteiger partial charge in [0.1, 0.15) is 36.1 Å². The molecule has 1 amide bonds. The van der Waals surface area contributed by atoms with Gasteiger partial charge >= 0.3 is 0 Å². The van der Waals surface area contributed by atoms with Crippen LogP contribution < -0.4 is 9.47 Å². The first kappa shape index (κ1) is 29.6. The van der Waals surface area contributed by atoms with E-state index >= 15 is 0 Å². The quantitative estimate of drug-likeness (QED) is 0.327. The number of benzene rings is 2. The maximum atomic E-state index is 12.7. The van der Waals surface area contributed by atoms with Crippen molar-refractivity contribution >= 4 is 5.91 Å². The number of nitrogens with zero attached hydrogens (tertiary/aromatic N) is 4. The summed E-state index contributed by atoms with van der Waals surface area (Å²) in [5.74, 6) is 2.46. The molecule has 40 heavy (non-hydrogen) atoms. The molecule has 3 aromatic rings. The second kappa shape index (κ2) is 14.3. The number of methoxy groups -OCH3 is 1. The highest BCUT2D eigenvalue weighted by atomic mass is 16.5. The Kier molecular flexibility index (Phi) is 10.6. The van der Waals surface area contributed by atoms with E-state index in [1.165, 1.54) is 7.11 Å². The van der Waals surface area contributed by atoms with Gasteiger partial charge in [-0.1, -0.05) is 36.8 Å². The van der Waals surface area contributed by atoms with E-state index in [1.807, 2.05) is 55.7 Å². The molecule has 0 bridgehead atoms. The highest BCUT2D eigenvalue weighted by Gasteiger charge is 2.37. The number of ether oxygens (including phenoxy) is 3. The molecule has 1 fully saturated rings. The van der Waals surface area contributed by atoms with Crippen molar-refractivity contribution in [3.05, 3.63) is 77.9 Å². The van der Waals surface area contributed by atoms with Crippen LogP contribution in [0.2, 0.25) is 0 Å². The van der Waals surface area contributed by atoms with Crippen molar-refractivity contribution in [2.45, 2.75) is 45.4 Å². The molecular weight excluding hydrogens is 508 g/mol. The summed E-state index contributed by atoms with van der Waals surface area (Å²) in [4.78, 5) is 20.9. The molecule has 0 spiro atoms. The molecule has 1 aliphatic rings. The standard InChI is InChI=1S/C31H42N4O5/c1-4-29-32-13-15-34(29)14-6-18-39-28-8-5-7-26(19-28)20-33-16-17-35(30(36)21-38-3)23-31(37,22-33)24-40-27-11-9-25(2)10-12-27/h5,7-13,15,19,37H,4,6,14,16-18,20-24H2,1-3H3/t31-/m1/s1. The van der Waals surface area contributed by atoms with Gasteiger partial charge in [0, 0.05) is 58.6 Å². The maximum Gasteiger partial charge on any atom is 0.248 e. The fourth-order valence-electron chi connectivity index (χ4n) is 5.02. The summed E-state index contributed by atoms with van der Waals surface area (Å²) in [6, 6.07) is 15.8. The van der Waals surface area contributed by atoms with Crippen LogP contribution in [0.1, 0.15) is 30.3 Å². The summed E-state index contributed by atoms with van der Waals surface area (Å²) in [6.07, 6.45) is 5.66. The van der Waals surface area contributed by atoms with Gasteiger partial charge in [0.2, 0.25) is 5.91 Å². The molecule has 0 radical (unpaired) electrons. The van der Waals surface area contributed by atoms with Crippen LogP contribution >= 0.6 is 0 Å². The highest BCUT2D eigenvalue weighted by Crippen LogP contribution is 2.22. The number of amides is 1. The van der Waals surface area contributed by atoms with Gasteiger partial charge in [-0.15, -0.1) is 0 Å². The molecule has 1 N–H and O–H groups in total. The van der Waals surface area contributed by atoms with Crippen LogP contribution in [-0.2, 0) is 29.0 Å². The van der Waals surface area contributed by atoms with Crippen LogP contribution in [0.3, 0.4) is 0 Å². The summed E-state index contributed by atoms with van der Waals surface area (Å²) in [6.45, 7) is 7.95. The lowest BCUT2D eigenvalue weighted by Crippen LogP contribution is -2.52. The van der Waals surface area contributed by atoms with Gasteiger partial charge in [-0.3, -0.25) is 9.69 Å². The topological polar surface area (TPSA) is 89.3 Å². The Morgan fingerprint density at radius 2 is 1.90 bits per heavy atom. The number of rotatable bonds is 13. The molecule has 1 atom stereocenters. The van der Waals surface area contributed by atoms with Gasteiger partial charge in [-0.05, 0) is 43.2 Å². The largest absolute Gasteiger partial charge is 0.494 e. The molecule has 9 nitrogen and oxygen atoms in total. The van der Waals surface area contributed by atoms with Gasteiger partial charge < -0.3 is 28.8 Å². The third-order valence-corrected chi connectivity index (χ3v) is 7.07. The summed E-state index contributed by atoms with van der Waals surface area (Å²) >= 11 is 0. The van der Waals surface area contributed by atoms with E-state index in [-0.39, 0.29) is 25.7 Å². The first-order chi connectivity index (χ1) is 19.4. The van der Waals surface area contributed by atoms with Crippen LogP contribution in [0.15, 0.2) is 60.9 Å². The zero-order valence-electron chi connectivity index (χ0n) is 23.9. The van der Waals surface area contributed by atoms with E-state index in [9.17, 15) is 9.90 Å². The molecule has 2 aromatic carbocycles. The van der Waals surface area contributed by atoms with Crippen LogP contribution in [0.4, 0.5) is 0 Å².